The Morgan fingerprint density at radius 1 is 1.56 bits per heavy atom. The smallest absolute Gasteiger partial charge is 0.274 e. The quantitative estimate of drug-likeness (QED) is 0.797. The van der Waals surface area contributed by atoms with Crippen molar-refractivity contribution in [2.75, 3.05) is 13.2 Å². The summed E-state index contributed by atoms with van der Waals surface area (Å²) >= 11 is 0. The Morgan fingerprint density at radius 2 is 2.39 bits per heavy atom. The van der Waals surface area contributed by atoms with Gasteiger partial charge in [0.2, 0.25) is 0 Å². The number of amides is 1. The maximum absolute atomic E-state index is 12.2. The fourth-order valence-corrected chi connectivity index (χ4v) is 2.34. The molecular formula is C12H17N3O3. The molecule has 1 aromatic heterocycles. The van der Waals surface area contributed by atoms with Gasteiger partial charge in [0.25, 0.3) is 11.5 Å². The van der Waals surface area contributed by atoms with Gasteiger partial charge < -0.3 is 10.0 Å². The van der Waals surface area contributed by atoms with Crippen LogP contribution in [0, 0.1) is 0 Å². The Balaban J connectivity index is 2.07. The van der Waals surface area contributed by atoms with Crippen LogP contribution in [-0.2, 0) is 0 Å². The van der Waals surface area contributed by atoms with Gasteiger partial charge in [0, 0.05) is 25.3 Å². The van der Waals surface area contributed by atoms with Gasteiger partial charge in [-0.2, -0.15) is 5.10 Å². The number of nitrogens with one attached hydrogen (secondary N) is 1. The molecule has 2 N–H and O–H groups in total. The second kappa shape index (κ2) is 5.77. The lowest BCUT2D eigenvalue weighted by molar-refractivity contribution is 0.0717. The summed E-state index contributed by atoms with van der Waals surface area (Å²) in [6.07, 6.45) is 3.46. The van der Waals surface area contributed by atoms with Gasteiger partial charge in [-0.1, -0.05) is 0 Å². The van der Waals surface area contributed by atoms with Crippen LogP contribution in [0.25, 0.3) is 0 Å². The Morgan fingerprint density at radius 3 is 3.06 bits per heavy atom. The minimum Gasteiger partial charge on any atom is -0.396 e. The molecule has 1 unspecified atom stereocenters. The highest BCUT2D eigenvalue weighted by Crippen LogP contribution is 2.22. The number of aliphatic hydroxyl groups excluding tert-OH is 1. The molecule has 0 saturated carbocycles. The lowest BCUT2D eigenvalue weighted by Gasteiger charge is -2.23. The van der Waals surface area contributed by atoms with Gasteiger partial charge in [0.05, 0.1) is 0 Å². The van der Waals surface area contributed by atoms with Gasteiger partial charge in [0.15, 0.2) is 0 Å². The van der Waals surface area contributed by atoms with Gasteiger partial charge in [-0.3, -0.25) is 9.59 Å². The van der Waals surface area contributed by atoms with Crippen molar-refractivity contribution in [2.45, 2.75) is 31.7 Å². The average Bonchev–Trinajstić information content (AvgIpc) is 2.84. The molecule has 0 bridgehead atoms. The first-order valence-electron chi connectivity index (χ1n) is 6.20. The van der Waals surface area contributed by atoms with E-state index in [0.717, 1.165) is 25.8 Å². The predicted octanol–water partition coefficient (Wildman–Crippen LogP) is 0.147. The van der Waals surface area contributed by atoms with Crippen LogP contribution in [0.5, 0.6) is 0 Å². The number of hydrogen-bond donors (Lipinski definition) is 2. The molecule has 0 spiro atoms. The molecule has 1 saturated heterocycles. The molecule has 1 amide bonds. The van der Waals surface area contributed by atoms with E-state index in [2.05, 4.69) is 10.2 Å². The topological polar surface area (TPSA) is 86.3 Å². The van der Waals surface area contributed by atoms with Gasteiger partial charge in [-0.05, 0) is 31.7 Å². The SMILES string of the molecule is O=C(c1ccc(=O)[nH]n1)N1CCCC1CCCO. The third-order valence-electron chi connectivity index (χ3n) is 3.23. The number of aliphatic hydroxyl groups is 1. The summed E-state index contributed by atoms with van der Waals surface area (Å²) < 4.78 is 0. The van der Waals surface area contributed by atoms with Gasteiger partial charge >= 0.3 is 0 Å². The Bertz CT molecular complexity index is 451. The fraction of sp³-hybridized carbons (Fsp3) is 0.583. The number of likely N-dealkylation sites (tertiary alicyclic amines) is 1. The summed E-state index contributed by atoms with van der Waals surface area (Å²) in [5.41, 5.74) is -0.0460. The van der Waals surface area contributed by atoms with E-state index in [9.17, 15) is 9.59 Å². The lowest BCUT2D eigenvalue weighted by Crippen LogP contribution is -2.36. The summed E-state index contributed by atoms with van der Waals surface area (Å²) in [7, 11) is 0. The van der Waals surface area contributed by atoms with Crippen molar-refractivity contribution in [3.8, 4) is 0 Å². The molecule has 6 heteroatoms. The number of rotatable bonds is 4. The second-order valence-electron chi connectivity index (χ2n) is 4.47. The van der Waals surface area contributed by atoms with Gasteiger partial charge in [0.1, 0.15) is 5.69 Å². The van der Waals surface area contributed by atoms with Crippen LogP contribution in [0.2, 0.25) is 0 Å². The van der Waals surface area contributed by atoms with Crippen LogP contribution in [0.1, 0.15) is 36.2 Å². The molecule has 0 aromatic carbocycles. The van der Waals surface area contributed by atoms with Crippen molar-refractivity contribution in [1.29, 1.82) is 0 Å². The standard InChI is InChI=1S/C12H17N3O3/c16-8-2-4-9-3-1-7-15(9)12(18)10-5-6-11(17)14-13-10/h5-6,9,16H,1-4,7-8H2,(H,14,17). The van der Waals surface area contributed by atoms with E-state index in [4.69, 9.17) is 5.11 Å². The molecule has 1 aromatic rings. The lowest BCUT2D eigenvalue weighted by atomic mass is 10.1. The van der Waals surface area contributed by atoms with Crippen LogP contribution in [-0.4, -0.2) is 45.3 Å². The average molecular weight is 251 g/mol. The summed E-state index contributed by atoms with van der Waals surface area (Å²) in [6.45, 7) is 0.866. The Hall–Kier alpha value is -1.69. The molecular weight excluding hydrogens is 234 g/mol. The van der Waals surface area contributed by atoms with Crippen LogP contribution < -0.4 is 5.56 Å². The maximum Gasteiger partial charge on any atom is 0.274 e. The molecule has 2 rings (SSSR count). The number of aromatic amines is 1. The van der Waals surface area contributed by atoms with Crippen molar-refractivity contribution in [2.24, 2.45) is 0 Å². The van der Waals surface area contributed by atoms with Crippen LogP contribution in [0.15, 0.2) is 16.9 Å². The molecule has 0 radical (unpaired) electrons. The van der Waals surface area contributed by atoms with Crippen molar-refractivity contribution >= 4 is 5.91 Å². The number of carbonyl (C=O) groups excluding carboxylic acids is 1. The molecule has 6 nitrogen and oxygen atoms in total. The third kappa shape index (κ3) is 2.76. The monoisotopic (exact) mass is 251 g/mol. The summed E-state index contributed by atoms with van der Waals surface area (Å²) in [4.78, 5) is 24.9. The molecule has 2 heterocycles. The zero-order chi connectivity index (χ0) is 13.0. The Labute approximate surface area is 105 Å². The van der Waals surface area contributed by atoms with E-state index in [1.54, 1.807) is 4.90 Å². The normalized spacial score (nSPS) is 19.2. The fourth-order valence-electron chi connectivity index (χ4n) is 2.34. The number of H-pyrrole nitrogens is 1. The molecule has 1 aliphatic heterocycles. The van der Waals surface area contributed by atoms with E-state index < -0.39 is 0 Å². The summed E-state index contributed by atoms with van der Waals surface area (Å²) in [5, 5.41) is 14.9. The second-order valence-corrected chi connectivity index (χ2v) is 4.47. The van der Waals surface area contributed by atoms with Crippen LogP contribution in [0.4, 0.5) is 0 Å². The van der Waals surface area contributed by atoms with Gasteiger partial charge in [-0.15, -0.1) is 0 Å². The van der Waals surface area contributed by atoms with Crippen LogP contribution in [0.3, 0.4) is 0 Å². The molecule has 1 aliphatic rings. The molecule has 1 fully saturated rings. The van der Waals surface area contributed by atoms with E-state index >= 15 is 0 Å². The molecule has 98 valence electrons. The van der Waals surface area contributed by atoms with Crippen LogP contribution >= 0.6 is 0 Å². The van der Waals surface area contributed by atoms with E-state index in [1.807, 2.05) is 0 Å². The molecule has 18 heavy (non-hydrogen) atoms. The predicted molar refractivity (Wildman–Crippen MR) is 65.2 cm³/mol. The number of nitrogens with zero attached hydrogens (tertiary/aromatic N) is 2. The summed E-state index contributed by atoms with van der Waals surface area (Å²) in [5.74, 6) is -0.147. The van der Waals surface area contributed by atoms with Gasteiger partial charge in [-0.25, -0.2) is 5.10 Å². The number of aromatic nitrogens is 2. The van der Waals surface area contributed by atoms with Crippen molar-refractivity contribution in [3.63, 3.8) is 0 Å². The van der Waals surface area contributed by atoms with Crippen molar-refractivity contribution < 1.29 is 9.90 Å². The van der Waals surface area contributed by atoms with Crippen molar-refractivity contribution in [3.05, 3.63) is 28.2 Å². The third-order valence-corrected chi connectivity index (χ3v) is 3.23. The highest BCUT2D eigenvalue weighted by molar-refractivity contribution is 5.92. The van der Waals surface area contributed by atoms with E-state index in [0.29, 0.717) is 6.42 Å². The molecule has 0 aliphatic carbocycles. The maximum atomic E-state index is 12.2. The number of hydrogen-bond acceptors (Lipinski definition) is 4. The summed E-state index contributed by atoms with van der Waals surface area (Å²) in [6, 6.07) is 2.93. The first kappa shape index (κ1) is 12.8. The molecule has 1 atom stereocenters. The first-order valence-corrected chi connectivity index (χ1v) is 6.20. The highest BCUT2D eigenvalue weighted by atomic mass is 16.3. The van der Waals surface area contributed by atoms with E-state index in [-0.39, 0.29) is 29.8 Å². The minimum atomic E-state index is -0.315. The zero-order valence-electron chi connectivity index (χ0n) is 10.1. The highest BCUT2D eigenvalue weighted by Gasteiger charge is 2.29. The largest absolute Gasteiger partial charge is 0.396 e. The Kier molecular flexibility index (Phi) is 4.09. The first-order chi connectivity index (χ1) is 8.72. The van der Waals surface area contributed by atoms with Crippen molar-refractivity contribution in [1.82, 2.24) is 15.1 Å². The number of carbonyl (C=O) groups is 1. The zero-order valence-corrected chi connectivity index (χ0v) is 10.1. The minimum absolute atomic E-state index is 0.147. The van der Waals surface area contributed by atoms with E-state index in [1.165, 1.54) is 12.1 Å².